The van der Waals surface area contributed by atoms with Crippen molar-refractivity contribution in [3.8, 4) is 0 Å². The molecule has 1 N–H and O–H groups in total. The number of hydrogen-bond donors (Lipinski definition) is 1. The summed E-state index contributed by atoms with van der Waals surface area (Å²) in [5.41, 5.74) is 0.246. The Morgan fingerprint density at radius 1 is 1.77 bits per heavy atom. The molecule has 1 heterocycles. The van der Waals surface area contributed by atoms with Crippen LogP contribution in [0.4, 0.5) is 0 Å². The number of nitrogens with one attached hydrogen (secondary N) is 1. The minimum Gasteiger partial charge on any atom is -0.438 e. The molecule has 4 nitrogen and oxygen atoms in total. The van der Waals surface area contributed by atoms with Gasteiger partial charge in [-0.3, -0.25) is 4.79 Å². The van der Waals surface area contributed by atoms with Crippen LogP contribution in [0.3, 0.4) is 0 Å². The lowest BCUT2D eigenvalue weighted by atomic mass is 10.2. The first-order chi connectivity index (χ1) is 6.09. The fourth-order valence-electron chi connectivity index (χ4n) is 1.27. The molecule has 2 rings (SSSR count). The molecular weight excluding hydrogens is 168 g/mol. The predicted octanol–water partition coefficient (Wildman–Crippen LogP) is 1.20. The average molecular weight is 180 g/mol. The lowest BCUT2D eigenvalue weighted by Crippen LogP contribution is -2.27. The third-order valence-corrected chi connectivity index (χ3v) is 2.47. The number of nitrogens with zero attached hydrogens (tertiary/aromatic N) is 1. The van der Waals surface area contributed by atoms with Crippen molar-refractivity contribution < 1.29 is 9.21 Å². The second kappa shape index (κ2) is 2.58. The second-order valence-corrected chi connectivity index (χ2v) is 4.08. The highest BCUT2D eigenvalue weighted by Crippen LogP contribution is 2.44. The van der Waals surface area contributed by atoms with Crippen LogP contribution in [0.25, 0.3) is 0 Å². The van der Waals surface area contributed by atoms with E-state index in [0.717, 1.165) is 6.42 Å². The Hall–Kier alpha value is -1.32. The van der Waals surface area contributed by atoms with E-state index in [1.54, 1.807) is 0 Å². The topological polar surface area (TPSA) is 55.1 Å². The molecule has 1 aromatic rings. The maximum atomic E-state index is 11.4. The van der Waals surface area contributed by atoms with E-state index in [1.807, 2.05) is 0 Å². The Morgan fingerprint density at radius 3 is 2.92 bits per heavy atom. The van der Waals surface area contributed by atoms with E-state index in [-0.39, 0.29) is 23.1 Å². The summed E-state index contributed by atoms with van der Waals surface area (Å²) in [4.78, 5) is 15.1. The molecule has 0 aromatic carbocycles. The second-order valence-electron chi connectivity index (χ2n) is 4.08. The van der Waals surface area contributed by atoms with Crippen LogP contribution in [-0.2, 0) is 0 Å². The molecule has 70 valence electrons. The van der Waals surface area contributed by atoms with E-state index in [1.165, 1.54) is 12.6 Å². The summed E-state index contributed by atoms with van der Waals surface area (Å²) in [7, 11) is 0. The molecule has 1 fully saturated rings. The zero-order valence-electron chi connectivity index (χ0n) is 7.70. The van der Waals surface area contributed by atoms with Crippen LogP contribution in [-0.4, -0.2) is 16.9 Å². The largest absolute Gasteiger partial charge is 0.438 e. The normalized spacial score (nSPS) is 24.0. The Labute approximate surface area is 76.3 Å². The predicted molar refractivity (Wildman–Crippen MR) is 46.2 cm³/mol. The first kappa shape index (κ1) is 8.29. The lowest BCUT2D eigenvalue weighted by Gasteiger charge is -2.03. The van der Waals surface area contributed by atoms with Crippen molar-refractivity contribution in [2.75, 3.05) is 0 Å². The van der Waals surface area contributed by atoms with Gasteiger partial charge in [-0.2, -0.15) is 0 Å². The Morgan fingerprint density at radius 2 is 2.46 bits per heavy atom. The zero-order chi connectivity index (χ0) is 9.47. The van der Waals surface area contributed by atoms with Gasteiger partial charge in [-0.25, -0.2) is 4.98 Å². The molecule has 1 aromatic heterocycles. The lowest BCUT2D eigenvalue weighted by molar-refractivity contribution is 0.0918. The van der Waals surface area contributed by atoms with E-state index < -0.39 is 0 Å². The van der Waals surface area contributed by atoms with Crippen LogP contribution in [0.15, 0.2) is 17.0 Å². The molecule has 4 heteroatoms. The molecular formula is C9H12N2O2. The van der Waals surface area contributed by atoms with Gasteiger partial charge in [-0.05, 0) is 11.8 Å². The number of carbonyl (C=O) groups excluding carboxylic acids is 1. The highest BCUT2D eigenvalue weighted by molar-refractivity contribution is 5.91. The van der Waals surface area contributed by atoms with Gasteiger partial charge in [-0.1, -0.05) is 13.8 Å². The molecule has 0 radical (unpaired) electrons. The van der Waals surface area contributed by atoms with Crippen LogP contribution in [0.5, 0.6) is 0 Å². The van der Waals surface area contributed by atoms with E-state index in [0.29, 0.717) is 0 Å². The fourth-order valence-corrected chi connectivity index (χ4v) is 1.27. The monoisotopic (exact) mass is 180 g/mol. The maximum Gasteiger partial charge on any atom is 0.288 e. The standard InChI is InChI=1S/C9H12N2O2/c1-9(2)3-7(9)11-8(12)6-4-10-5-13-6/h4-5,7H,3H2,1-2H3,(H,11,12). The minimum atomic E-state index is -0.173. The molecule has 13 heavy (non-hydrogen) atoms. The number of aromatic nitrogens is 1. The average Bonchev–Trinajstić information content (AvgIpc) is 2.58. The van der Waals surface area contributed by atoms with Crippen molar-refractivity contribution in [3.05, 3.63) is 18.4 Å². The highest BCUT2D eigenvalue weighted by Gasteiger charge is 2.46. The number of carbonyl (C=O) groups is 1. The minimum absolute atomic E-state index is 0.173. The summed E-state index contributed by atoms with van der Waals surface area (Å²) in [6.45, 7) is 4.25. The Kier molecular flexibility index (Phi) is 1.65. The smallest absolute Gasteiger partial charge is 0.288 e. The van der Waals surface area contributed by atoms with Gasteiger partial charge in [0.05, 0.1) is 6.20 Å². The summed E-state index contributed by atoms with van der Waals surface area (Å²) in [5.74, 6) is 0.107. The molecule has 0 saturated heterocycles. The summed E-state index contributed by atoms with van der Waals surface area (Å²) in [6.07, 6.45) is 3.71. The summed E-state index contributed by atoms with van der Waals surface area (Å²) < 4.78 is 4.87. The quantitative estimate of drug-likeness (QED) is 0.744. The van der Waals surface area contributed by atoms with Gasteiger partial charge in [0.1, 0.15) is 0 Å². The molecule has 1 saturated carbocycles. The van der Waals surface area contributed by atoms with Gasteiger partial charge in [0.25, 0.3) is 5.91 Å². The molecule has 1 unspecified atom stereocenters. The van der Waals surface area contributed by atoms with E-state index in [2.05, 4.69) is 24.1 Å². The Bertz CT molecular complexity index is 316. The van der Waals surface area contributed by atoms with E-state index in [9.17, 15) is 4.79 Å². The van der Waals surface area contributed by atoms with Crippen LogP contribution in [0.1, 0.15) is 30.8 Å². The van der Waals surface area contributed by atoms with Gasteiger partial charge in [-0.15, -0.1) is 0 Å². The van der Waals surface area contributed by atoms with Gasteiger partial charge in [0, 0.05) is 6.04 Å². The van der Waals surface area contributed by atoms with Crippen molar-refractivity contribution in [1.82, 2.24) is 10.3 Å². The van der Waals surface area contributed by atoms with Crippen LogP contribution in [0, 0.1) is 5.41 Å². The van der Waals surface area contributed by atoms with Crippen LogP contribution >= 0.6 is 0 Å². The fraction of sp³-hybridized carbons (Fsp3) is 0.556. The van der Waals surface area contributed by atoms with Crippen LogP contribution in [0.2, 0.25) is 0 Å². The van der Waals surface area contributed by atoms with Crippen molar-refractivity contribution in [3.63, 3.8) is 0 Å². The number of oxazole rings is 1. The number of hydrogen-bond acceptors (Lipinski definition) is 3. The zero-order valence-corrected chi connectivity index (χ0v) is 7.70. The molecule has 0 aliphatic heterocycles. The van der Waals surface area contributed by atoms with Crippen molar-refractivity contribution in [1.29, 1.82) is 0 Å². The molecule has 1 amide bonds. The Balaban J connectivity index is 1.94. The first-order valence-corrected chi connectivity index (χ1v) is 4.29. The molecule has 1 aliphatic rings. The van der Waals surface area contributed by atoms with Crippen LogP contribution < -0.4 is 5.32 Å². The molecule has 0 bridgehead atoms. The molecule has 1 atom stereocenters. The number of amides is 1. The number of rotatable bonds is 2. The first-order valence-electron chi connectivity index (χ1n) is 4.29. The van der Waals surface area contributed by atoms with Crippen molar-refractivity contribution >= 4 is 5.91 Å². The third-order valence-electron chi connectivity index (χ3n) is 2.47. The summed E-state index contributed by atoms with van der Waals surface area (Å²) in [6, 6.07) is 0.282. The van der Waals surface area contributed by atoms with Gasteiger partial charge in [0.15, 0.2) is 6.39 Å². The van der Waals surface area contributed by atoms with E-state index in [4.69, 9.17) is 4.42 Å². The van der Waals surface area contributed by atoms with Crippen molar-refractivity contribution in [2.45, 2.75) is 26.3 Å². The third kappa shape index (κ3) is 1.56. The highest BCUT2D eigenvalue weighted by atomic mass is 16.3. The van der Waals surface area contributed by atoms with E-state index >= 15 is 0 Å². The van der Waals surface area contributed by atoms with Gasteiger partial charge >= 0.3 is 0 Å². The summed E-state index contributed by atoms with van der Waals surface area (Å²) >= 11 is 0. The van der Waals surface area contributed by atoms with Gasteiger partial charge in [0.2, 0.25) is 5.76 Å². The van der Waals surface area contributed by atoms with Crippen molar-refractivity contribution in [2.24, 2.45) is 5.41 Å². The molecule has 1 aliphatic carbocycles. The maximum absolute atomic E-state index is 11.4. The SMILES string of the molecule is CC1(C)CC1NC(=O)c1cnco1. The summed E-state index contributed by atoms with van der Waals surface area (Å²) in [5, 5.41) is 2.87. The molecule has 0 spiro atoms. The van der Waals surface area contributed by atoms with Gasteiger partial charge < -0.3 is 9.73 Å².